The molecule has 42 heavy (non-hydrogen) atoms. The van der Waals surface area contributed by atoms with Crippen LogP contribution in [0.1, 0.15) is 56.6 Å². The summed E-state index contributed by atoms with van der Waals surface area (Å²) in [6.07, 6.45) is 5.53. The lowest BCUT2D eigenvalue weighted by Gasteiger charge is -2.34. The molecule has 0 saturated heterocycles. The average molecular weight is 592 g/mol. The number of sulfonamides is 1. The first-order valence-corrected chi connectivity index (χ1v) is 16.0. The number of nitrogens with one attached hydrogen (secondary N) is 1. The van der Waals surface area contributed by atoms with E-state index in [4.69, 9.17) is 4.74 Å². The largest absolute Gasteiger partial charge is 0.497 e. The average Bonchev–Trinajstić information content (AvgIpc) is 3.00. The van der Waals surface area contributed by atoms with E-state index in [0.717, 1.165) is 47.5 Å². The van der Waals surface area contributed by atoms with Crippen molar-refractivity contribution >= 4 is 27.5 Å². The number of anilines is 1. The molecule has 1 aliphatic rings. The van der Waals surface area contributed by atoms with Crippen LogP contribution in [0.4, 0.5) is 5.69 Å². The first-order chi connectivity index (χ1) is 20.2. The Kier molecular flexibility index (Phi) is 10.6. The van der Waals surface area contributed by atoms with Gasteiger partial charge in [0, 0.05) is 12.6 Å². The Morgan fingerprint density at radius 1 is 0.952 bits per heavy atom. The molecule has 1 saturated carbocycles. The summed E-state index contributed by atoms with van der Waals surface area (Å²) in [5.74, 6) is 0.00930. The van der Waals surface area contributed by atoms with E-state index in [-0.39, 0.29) is 23.4 Å². The standard InChI is InChI=1S/C33H41N3O5S/c1-4-31(33(38)34-27-13-7-5-8-14-27)35(23-26-18-20-29(41-3)21-19-26)32(37)24-36(28-15-11-12-25(2)22-28)42(39,40)30-16-9-6-10-17-30/h6,9-12,15-22,27,31H,4-5,7-8,13-14,23-24H2,1-3H3,(H,34,38)/t31-/m0/s1. The second-order valence-corrected chi connectivity index (χ2v) is 12.7. The lowest BCUT2D eigenvalue weighted by molar-refractivity contribution is -0.140. The van der Waals surface area contributed by atoms with Crippen molar-refractivity contribution in [1.82, 2.24) is 10.2 Å². The third kappa shape index (κ3) is 7.70. The topological polar surface area (TPSA) is 96.0 Å². The van der Waals surface area contributed by atoms with Gasteiger partial charge in [0.05, 0.1) is 17.7 Å². The summed E-state index contributed by atoms with van der Waals surface area (Å²) in [7, 11) is -2.50. The lowest BCUT2D eigenvalue weighted by Crippen LogP contribution is -2.54. The van der Waals surface area contributed by atoms with Gasteiger partial charge in [-0.15, -0.1) is 0 Å². The van der Waals surface area contributed by atoms with Crippen LogP contribution >= 0.6 is 0 Å². The molecular formula is C33H41N3O5S. The number of aryl methyl sites for hydroxylation is 1. The molecule has 8 nitrogen and oxygen atoms in total. The van der Waals surface area contributed by atoms with E-state index in [0.29, 0.717) is 17.9 Å². The minimum absolute atomic E-state index is 0.0838. The Labute approximate surface area is 249 Å². The molecule has 1 fully saturated rings. The van der Waals surface area contributed by atoms with E-state index in [1.807, 2.05) is 32.0 Å². The molecule has 0 spiro atoms. The van der Waals surface area contributed by atoms with Gasteiger partial charge in [-0.2, -0.15) is 0 Å². The SMILES string of the molecule is CC[C@@H](C(=O)NC1CCCCC1)N(Cc1ccc(OC)cc1)C(=O)CN(c1cccc(C)c1)S(=O)(=O)c1ccccc1. The lowest BCUT2D eigenvalue weighted by atomic mass is 9.95. The van der Waals surface area contributed by atoms with Crippen molar-refractivity contribution in [2.75, 3.05) is 18.0 Å². The zero-order chi connectivity index (χ0) is 30.1. The number of hydrogen-bond acceptors (Lipinski definition) is 5. The molecule has 3 aromatic rings. The number of hydrogen-bond donors (Lipinski definition) is 1. The molecule has 0 aliphatic heterocycles. The molecule has 0 radical (unpaired) electrons. The monoisotopic (exact) mass is 591 g/mol. The molecule has 3 aromatic carbocycles. The first-order valence-electron chi connectivity index (χ1n) is 14.6. The Hall–Kier alpha value is -3.85. The molecule has 0 bridgehead atoms. The highest BCUT2D eigenvalue weighted by Gasteiger charge is 2.34. The van der Waals surface area contributed by atoms with Crippen molar-refractivity contribution in [3.8, 4) is 5.75 Å². The minimum atomic E-state index is -4.09. The van der Waals surface area contributed by atoms with Crippen LogP contribution in [0.15, 0.2) is 83.8 Å². The molecule has 4 rings (SSSR count). The quantitative estimate of drug-likeness (QED) is 0.302. The van der Waals surface area contributed by atoms with Crippen molar-refractivity contribution in [3.05, 3.63) is 90.0 Å². The molecule has 0 heterocycles. The maximum absolute atomic E-state index is 14.2. The van der Waals surface area contributed by atoms with Crippen LogP contribution in [0.25, 0.3) is 0 Å². The van der Waals surface area contributed by atoms with E-state index in [1.54, 1.807) is 55.6 Å². The number of methoxy groups -OCH3 is 1. The predicted molar refractivity (Wildman–Crippen MR) is 165 cm³/mol. The summed E-state index contributed by atoms with van der Waals surface area (Å²) < 4.78 is 34.3. The Bertz CT molecular complexity index is 1440. The van der Waals surface area contributed by atoms with Crippen molar-refractivity contribution < 1.29 is 22.7 Å². The fourth-order valence-electron chi connectivity index (χ4n) is 5.42. The highest BCUT2D eigenvalue weighted by Crippen LogP contribution is 2.26. The molecule has 1 atom stereocenters. The maximum Gasteiger partial charge on any atom is 0.264 e. The van der Waals surface area contributed by atoms with Gasteiger partial charge in [-0.1, -0.05) is 68.7 Å². The van der Waals surface area contributed by atoms with E-state index >= 15 is 0 Å². The second-order valence-electron chi connectivity index (χ2n) is 10.8. The van der Waals surface area contributed by atoms with Gasteiger partial charge in [-0.05, 0) is 73.7 Å². The van der Waals surface area contributed by atoms with Gasteiger partial charge in [0.15, 0.2) is 0 Å². The van der Waals surface area contributed by atoms with Crippen molar-refractivity contribution in [3.63, 3.8) is 0 Å². The molecule has 0 aromatic heterocycles. The molecule has 2 amide bonds. The summed E-state index contributed by atoms with van der Waals surface area (Å²) in [6.45, 7) is 3.44. The van der Waals surface area contributed by atoms with Gasteiger partial charge in [-0.3, -0.25) is 13.9 Å². The van der Waals surface area contributed by atoms with Gasteiger partial charge in [0.2, 0.25) is 11.8 Å². The summed E-state index contributed by atoms with van der Waals surface area (Å²) in [5, 5.41) is 3.17. The van der Waals surface area contributed by atoms with E-state index in [9.17, 15) is 18.0 Å². The summed E-state index contributed by atoms with van der Waals surface area (Å²) in [4.78, 5) is 29.5. The van der Waals surface area contributed by atoms with Gasteiger partial charge in [0.25, 0.3) is 10.0 Å². The van der Waals surface area contributed by atoms with Crippen molar-refractivity contribution in [2.24, 2.45) is 0 Å². The zero-order valence-corrected chi connectivity index (χ0v) is 25.5. The summed E-state index contributed by atoms with van der Waals surface area (Å²) in [6, 6.07) is 21.8. The van der Waals surface area contributed by atoms with Crippen LogP contribution < -0.4 is 14.4 Å². The van der Waals surface area contributed by atoms with Crippen LogP contribution in [0.3, 0.4) is 0 Å². The van der Waals surface area contributed by atoms with Crippen LogP contribution in [0, 0.1) is 6.92 Å². The van der Waals surface area contributed by atoms with Gasteiger partial charge in [0.1, 0.15) is 18.3 Å². The van der Waals surface area contributed by atoms with Crippen molar-refractivity contribution in [1.29, 1.82) is 0 Å². The number of amides is 2. The highest BCUT2D eigenvalue weighted by molar-refractivity contribution is 7.92. The summed E-state index contributed by atoms with van der Waals surface area (Å²) in [5.41, 5.74) is 2.05. The first kappa shape index (κ1) is 31.1. The molecule has 1 N–H and O–H groups in total. The third-order valence-electron chi connectivity index (χ3n) is 7.75. The predicted octanol–water partition coefficient (Wildman–Crippen LogP) is 5.46. The molecule has 0 unspecified atom stereocenters. The maximum atomic E-state index is 14.2. The fourth-order valence-corrected chi connectivity index (χ4v) is 6.85. The molecular weight excluding hydrogens is 550 g/mol. The molecule has 224 valence electrons. The van der Waals surface area contributed by atoms with E-state index < -0.39 is 28.5 Å². The summed E-state index contributed by atoms with van der Waals surface area (Å²) >= 11 is 0. The van der Waals surface area contributed by atoms with Crippen LogP contribution in [0.2, 0.25) is 0 Å². The molecule has 1 aliphatic carbocycles. The van der Waals surface area contributed by atoms with Crippen LogP contribution in [-0.4, -0.2) is 50.9 Å². The Morgan fingerprint density at radius 2 is 1.64 bits per heavy atom. The highest BCUT2D eigenvalue weighted by atomic mass is 32.2. The second kappa shape index (κ2) is 14.4. The number of carbonyl (C=O) groups is 2. The number of carbonyl (C=O) groups excluding carboxylic acids is 2. The van der Waals surface area contributed by atoms with E-state index in [2.05, 4.69) is 5.32 Å². The Balaban J connectivity index is 1.69. The van der Waals surface area contributed by atoms with E-state index in [1.165, 1.54) is 17.0 Å². The van der Waals surface area contributed by atoms with Gasteiger partial charge in [-0.25, -0.2) is 8.42 Å². The zero-order valence-electron chi connectivity index (χ0n) is 24.7. The van der Waals surface area contributed by atoms with Gasteiger partial charge >= 0.3 is 0 Å². The minimum Gasteiger partial charge on any atom is -0.497 e. The third-order valence-corrected chi connectivity index (χ3v) is 9.54. The molecule has 9 heteroatoms. The number of benzene rings is 3. The van der Waals surface area contributed by atoms with Gasteiger partial charge < -0.3 is 15.0 Å². The number of nitrogens with zero attached hydrogens (tertiary/aromatic N) is 2. The number of ether oxygens (including phenoxy) is 1. The normalized spacial score (nSPS) is 14.5. The Morgan fingerprint density at radius 3 is 2.26 bits per heavy atom. The van der Waals surface area contributed by atoms with Crippen LogP contribution in [0.5, 0.6) is 5.75 Å². The smallest absolute Gasteiger partial charge is 0.264 e. The fraction of sp³-hybridized carbons (Fsp3) is 0.394. The van der Waals surface area contributed by atoms with Crippen LogP contribution in [-0.2, 0) is 26.2 Å². The number of rotatable bonds is 12. The van der Waals surface area contributed by atoms with Crippen molar-refractivity contribution in [2.45, 2.75) is 75.9 Å².